The third kappa shape index (κ3) is 2.93. The fourth-order valence-corrected chi connectivity index (χ4v) is 6.37. The molecule has 0 amide bonds. The fourth-order valence-electron chi connectivity index (χ4n) is 6.37. The summed E-state index contributed by atoms with van der Waals surface area (Å²) < 4.78 is 21.7. The molecule has 0 radical (unpaired) electrons. The number of carbonyl (C=O) groups is 1. The first-order chi connectivity index (χ1) is 17.2. The SMILES string of the molecule is CC[C@@]1(O)C(=O)OCc2c1cc1n(c2=O)Cc2c-1nc1cc(F)c(C)c3c1c2[C@@H]([C@H](N)CCO)CC3. The Kier molecular flexibility index (Phi) is 5.13. The quantitative estimate of drug-likeness (QED) is 0.372. The minimum absolute atomic E-state index is 0.0422. The molecule has 3 aliphatic rings. The smallest absolute Gasteiger partial charge is 0.343 e. The Labute approximate surface area is 206 Å². The zero-order valence-electron chi connectivity index (χ0n) is 20.2. The molecule has 3 atom stereocenters. The van der Waals surface area contributed by atoms with Crippen LogP contribution >= 0.6 is 0 Å². The molecular weight excluding hydrogens is 465 g/mol. The van der Waals surface area contributed by atoms with Crippen LogP contribution in [0.1, 0.15) is 65.5 Å². The predicted octanol–water partition coefficient (Wildman–Crippen LogP) is 2.27. The van der Waals surface area contributed by atoms with E-state index in [2.05, 4.69) is 0 Å². The van der Waals surface area contributed by atoms with Crippen molar-refractivity contribution >= 4 is 16.9 Å². The highest BCUT2D eigenvalue weighted by molar-refractivity contribution is 5.93. The number of aliphatic hydroxyl groups excluding tert-OH is 1. The number of aryl methyl sites for hydroxylation is 1. The molecule has 4 heterocycles. The van der Waals surface area contributed by atoms with Gasteiger partial charge >= 0.3 is 5.97 Å². The lowest BCUT2D eigenvalue weighted by atomic mass is 9.74. The Morgan fingerprint density at radius 3 is 2.81 bits per heavy atom. The van der Waals surface area contributed by atoms with Crippen LogP contribution in [0.2, 0.25) is 0 Å². The number of nitrogens with two attached hydrogens (primary N) is 1. The second-order valence-corrected chi connectivity index (χ2v) is 10.1. The van der Waals surface area contributed by atoms with Crippen molar-refractivity contribution in [3.8, 4) is 11.4 Å². The zero-order valence-corrected chi connectivity index (χ0v) is 20.2. The van der Waals surface area contributed by atoms with Gasteiger partial charge in [0.1, 0.15) is 12.4 Å². The lowest BCUT2D eigenvalue weighted by molar-refractivity contribution is -0.172. The summed E-state index contributed by atoms with van der Waals surface area (Å²) in [5, 5.41) is 21.6. The van der Waals surface area contributed by atoms with Crippen LogP contribution in [0.4, 0.5) is 4.39 Å². The van der Waals surface area contributed by atoms with E-state index >= 15 is 0 Å². The molecular formula is C27H28FN3O5. The average molecular weight is 494 g/mol. The monoisotopic (exact) mass is 493 g/mol. The van der Waals surface area contributed by atoms with Crippen LogP contribution in [-0.2, 0) is 34.7 Å². The first-order valence-corrected chi connectivity index (χ1v) is 12.4. The molecule has 0 spiro atoms. The Hall–Kier alpha value is -3.14. The molecule has 2 aliphatic heterocycles. The molecule has 0 saturated heterocycles. The summed E-state index contributed by atoms with van der Waals surface area (Å²) in [6, 6.07) is 2.78. The number of nitrogens with zero attached hydrogens (tertiary/aromatic N) is 2. The number of ether oxygens (including phenoxy) is 1. The molecule has 2 aromatic heterocycles. The third-order valence-electron chi connectivity index (χ3n) is 8.40. The van der Waals surface area contributed by atoms with Crippen molar-refractivity contribution in [2.24, 2.45) is 5.73 Å². The van der Waals surface area contributed by atoms with Gasteiger partial charge in [0, 0.05) is 41.1 Å². The van der Waals surface area contributed by atoms with Gasteiger partial charge in [-0.25, -0.2) is 14.2 Å². The van der Waals surface area contributed by atoms with Crippen molar-refractivity contribution in [2.75, 3.05) is 6.61 Å². The van der Waals surface area contributed by atoms with E-state index in [1.165, 1.54) is 6.07 Å². The molecule has 1 aromatic carbocycles. The highest BCUT2D eigenvalue weighted by Crippen LogP contribution is 2.47. The van der Waals surface area contributed by atoms with Crippen molar-refractivity contribution in [1.82, 2.24) is 9.55 Å². The predicted molar refractivity (Wildman–Crippen MR) is 130 cm³/mol. The molecule has 8 nitrogen and oxygen atoms in total. The fraction of sp³-hybridized carbons (Fsp3) is 0.444. The zero-order chi connectivity index (χ0) is 25.5. The summed E-state index contributed by atoms with van der Waals surface area (Å²) in [5.41, 5.74) is 9.59. The first kappa shape index (κ1) is 23.3. The van der Waals surface area contributed by atoms with Crippen molar-refractivity contribution in [2.45, 2.75) is 70.2 Å². The molecule has 36 heavy (non-hydrogen) atoms. The number of rotatable bonds is 4. The number of pyridine rings is 2. The molecule has 3 aromatic rings. The van der Waals surface area contributed by atoms with Crippen LogP contribution in [0.5, 0.6) is 0 Å². The van der Waals surface area contributed by atoms with E-state index in [4.69, 9.17) is 15.5 Å². The standard InChI is InChI=1S/C27H28FN3O5/c1-3-27(35)17-8-21-24-15(10-31(21)25(33)16(17)11-36-26(27)34)22-14(19(29)6-7-32)5-4-13-12(2)18(28)9-20(30-24)23(13)22/h8-9,14,19,32,35H,3-7,10-11,29H2,1-2H3/t14-,19-,27+/m1/s1. The van der Waals surface area contributed by atoms with Gasteiger partial charge in [-0.2, -0.15) is 0 Å². The number of esters is 1. The summed E-state index contributed by atoms with van der Waals surface area (Å²) in [6.45, 7) is 3.44. The summed E-state index contributed by atoms with van der Waals surface area (Å²) in [5.74, 6) is -1.21. The van der Waals surface area contributed by atoms with Gasteiger partial charge in [-0.1, -0.05) is 6.92 Å². The molecule has 188 valence electrons. The van der Waals surface area contributed by atoms with E-state index in [-0.39, 0.29) is 60.6 Å². The second kappa shape index (κ2) is 7.93. The Bertz CT molecular complexity index is 1530. The van der Waals surface area contributed by atoms with E-state index in [1.54, 1.807) is 24.5 Å². The number of hydrogen-bond donors (Lipinski definition) is 3. The van der Waals surface area contributed by atoms with E-state index in [1.807, 2.05) is 0 Å². The summed E-state index contributed by atoms with van der Waals surface area (Å²) in [6.07, 6.45) is 1.82. The van der Waals surface area contributed by atoms with E-state index < -0.39 is 11.6 Å². The minimum atomic E-state index is -1.92. The number of fused-ring (bicyclic) bond motifs is 5. The van der Waals surface area contributed by atoms with Crippen molar-refractivity contribution < 1.29 is 24.1 Å². The van der Waals surface area contributed by atoms with Crippen molar-refractivity contribution in [3.63, 3.8) is 0 Å². The van der Waals surface area contributed by atoms with Crippen molar-refractivity contribution in [3.05, 3.63) is 61.7 Å². The lowest BCUT2D eigenvalue weighted by Crippen LogP contribution is -2.44. The maximum Gasteiger partial charge on any atom is 0.343 e. The van der Waals surface area contributed by atoms with Gasteiger partial charge in [0.05, 0.1) is 29.0 Å². The maximum atomic E-state index is 14.9. The van der Waals surface area contributed by atoms with Gasteiger partial charge in [-0.15, -0.1) is 0 Å². The van der Waals surface area contributed by atoms with Crippen LogP contribution in [0.25, 0.3) is 22.3 Å². The molecule has 0 bridgehead atoms. The van der Waals surface area contributed by atoms with Gasteiger partial charge < -0.3 is 25.3 Å². The number of hydrogen-bond acceptors (Lipinski definition) is 7. The number of aromatic nitrogens is 2. The van der Waals surface area contributed by atoms with E-state index in [9.17, 15) is 24.2 Å². The van der Waals surface area contributed by atoms with Crippen LogP contribution < -0.4 is 11.3 Å². The third-order valence-corrected chi connectivity index (χ3v) is 8.40. The van der Waals surface area contributed by atoms with E-state index in [0.717, 1.165) is 22.1 Å². The van der Waals surface area contributed by atoms with Gasteiger partial charge in [0.25, 0.3) is 5.56 Å². The van der Waals surface area contributed by atoms with Gasteiger partial charge in [0.2, 0.25) is 0 Å². The van der Waals surface area contributed by atoms with Gasteiger partial charge in [-0.3, -0.25) is 4.79 Å². The Morgan fingerprint density at radius 1 is 1.31 bits per heavy atom. The maximum absolute atomic E-state index is 14.9. The Balaban J connectivity index is 1.67. The molecule has 1 aliphatic carbocycles. The molecule has 0 saturated carbocycles. The second-order valence-electron chi connectivity index (χ2n) is 10.1. The number of carbonyl (C=O) groups excluding carboxylic acids is 1. The summed E-state index contributed by atoms with van der Waals surface area (Å²) in [4.78, 5) is 30.9. The van der Waals surface area contributed by atoms with Crippen LogP contribution in [0.3, 0.4) is 0 Å². The number of benzene rings is 1. The first-order valence-electron chi connectivity index (χ1n) is 12.4. The minimum Gasteiger partial charge on any atom is -0.458 e. The highest BCUT2D eigenvalue weighted by atomic mass is 19.1. The highest BCUT2D eigenvalue weighted by Gasteiger charge is 2.46. The topological polar surface area (TPSA) is 128 Å². The lowest BCUT2D eigenvalue weighted by Gasteiger charge is -2.32. The van der Waals surface area contributed by atoms with Crippen LogP contribution in [0, 0.1) is 12.7 Å². The normalized spacial score (nSPS) is 22.7. The number of halogens is 1. The summed E-state index contributed by atoms with van der Waals surface area (Å²) in [7, 11) is 0. The van der Waals surface area contributed by atoms with Crippen molar-refractivity contribution in [1.29, 1.82) is 0 Å². The molecule has 4 N–H and O–H groups in total. The Morgan fingerprint density at radius 2 is 2.08 bits per heavy atom. The summed E-state index contributed by atoms with van der Waals surface area (Å²) >= 11 is 0. The molecule has 9 heteroatoms. The number of aliphatic hydroxyl groups is 2. The van der Waals surface area contributed by atoms with E-state index in [0.29, 0.717) is 41.7 Å². The molecule has 0 fully saturated rings. The molecule has 6 rings (SSSR count). The number of cyclic esters (lactones) is 1. The van der Waals surface area contributed by atoms with Gasteiger partial charge in [-0.05, 0) is 55.4 Å². The van der Waals surface area contributed by atoms with Crippen LogP contribution in [-0.4, -0.2) is 38.4 Å². The van der Waals surface area contributed by atoms with Gasteiger partial charge in [0.15, 0.2) is 5.60 Å². The average Bonchev–Trinajstić information content (AvgIpc) is 3.24. The molecule has 0 unspecified atom stereocenters. The largest absolute Gasteiger partial charge is 0.458 e. The van der Waals surface area contributed by atoms with Crippen LogP contribution in [0.15, 0.2) is 16.9 Å².